The predicted molar refractivity (Wildman–Crippen MR) is 78.2 cm³/mol. The Balaban J connectivity index is 1.61. The molecule has 2 aliphatic rings. The Kier molecular flexibility index (Phi) is 2.94. The second-order valence-electron chi connectivity index (χ2n) is 5.56. The summed E-state index contributed by atoms with van der Waals surface area (Å²) in [5.74, 6) is -0.350. The van der Waals surface area contributed by atoms with Gasteiger partial charge in [-0.05, 0) is 25.0 Å². The number of rotatable bonds is 1. The van der Waals surface area contributed by atoms with E-state index in [9.17, 15) is 4.79 Å². The first-order valence-electron chi connectivity index (χ1n) is 7.16. The second-order valence-corrected chi connectivity index (χ2v) is 6.57. The van der Waals surface area contributed by atoms with Crippen molar-refractivity contribution in [3.05, 3.63) is 34.6 Å². The van der Waals surface area contributed by atoms with Crippen LogP contribution in [0.5, 0.6) is 0 Å². The van der Waals surface area contributed by atoms with Gasteiger partial charge in [-0.3, -0.25) is 8.75 Å². The summed E-state index contributed by atoms with van der Waals surface area (Å²) in [5, 5.41) is 0.839. The molecule has 2 fully saturated rings. The van der Waals surface area contributed by atoms with E-state index in [0.717, 1.165) is 35.8 Å². The van der Waals surface area contributed by atoms with E-state index in [1.54, 1.807) is 11.5 Å². The number of nitrogens with zero attached hydrogens (tertiary/aromatic N) is 1. The highest BCUT2D eigenvalue weighted by atomic mass is 32.1. The van der Waals surface area contributed by atoms with Crippen LogP contribution in [-0.4, -0.2) is 23.0 Å². The van der Waals surface area contributed by atoms with Crippen molar-refractivity contribution < 1.29 is 9.47 Å². The normalized spacial score (nSPS) is 22.8. The number of benzene rings is 1. The minimum absolute atomic E-state index is 0.153. The van der Waals surface area contributed by atoms with E-state index in [-0.39, 0.29) is 11.3 Å². The molecule has 1 saturated carbocycles. The fourth-order valence-electron chi connectivity index (χ4n) is 3.29. The molecule has 20 heavy (non-hydrogen) atoms. The van der Waals surface area contributed by atoms with Crippen molar-refractivity contribution in [1.29, 1.82) is 0 Å². The molecule has 5 heteroatoms. The Morgan fingerprint density at radius 2 is 1.85 bits per heavy atom. The van der Waals surface area contributed by atoms with Crippen molar-refractivity contribution in [3.63, 3.8) is 0 Å². The molecule has 0 amide bonds. The van der Waals surface area contributed by atoms with Gasteiger partial charge in [0.1, 0.15) is 0 Å². The summed E-state index contributed by atoms with van der Waals surface area (Å²) in [6.45, 7) is 1.40. The quantitative estimate of drug-likeness (QED) is 0.811. The highest BCUT2D eigenvalue weighted by molar-refractivity contribution is 7.13. The Morgan fingerprint density at radius 1 is 1.15 bits per heavy atom. The van der Waals surface area contributed by atoms with Gasteiger partial charge in [0, 0.05) is 18.9 Å². The third kappa shape index (κ3) is 1.92. The van der Waals surface area contributed by atoms with Gasteiger partial charge in [0.05, 0.1) is 23.3 Å². The lowest BCUT2D eigenvalue weighted by molar-refractivity contribution is -0.181. The minimum atomic E-state index is -0.350. The third-order valence-corrected chi connectivity index (χ3v) is 5.59. The first-order valence-corrected chi connectivity index (χ1v) is 7.93. The smallest absolute Gasteiger partial charge is 0.268 e. The molecule has 0 atom stereocenters. The van der Waals surface area contributed by atoms with Gasteiger partial charge in [-0.15, -0.1) is 0 Å². The third-order valence-electron chi connectivity index (χ3n) is 4.38. The van der Waals surface area contributed by atoms with Crippen LogP contribution >= 0.6 is 11.5 Å². The average Bonchev–Trinajstić information content (AvgIpc) is 3.07. The Morgan fingerprint density at radius 3 is 2.55 bits per heavy atom. The van der Waals surface area contributed by atoms with E-state index in [2.05, 4.69) is 0 Å². The van der Waals surface area contributed by atoms with E-state index in [0.29, 0.717) is 19.3 Å². The topological polar surface area (TPSA) is 40.5 Å². The monoisotopic (exact) mass is 291 g/mol. The van der Waals surface area contributed by atoms with Crippen LogP contribution in [0.2, 0.25) is 0 Å². The highest BCUT2D eigenvalue weighted by Gasteiger charge is 2.41. The Bertz CT molecular complexity index is 674. The zero-order chi connectivity index (χ0) is 13.6. The lowest BCUT2D eigenvalue weighted by Crippen LogP contribution is -2.36. The number of ether oxygens (including phenoxy) is 2. The molecule has 1 aliphatic carbocycles. The summed E-state index contributed by atoms with van der Waals surface area (Å²) in [5.41, 5.74) is 0.153. The molecule has 1 aliphatic heterocycles. The van der Waals surface area contributed by atoms with Crippen LogP contribution in [0.1, 0.15) is 31.7 Å². The summed E-state index contributed by atoms with van der Waals surface area (Å²) < 4.78 is 14.5. The molecule has 1 aromatic heterocycles. The van der Waals surface area contributed by atoms with Gasteiger partial charge in [-0.1, -0.05) is 23.7 Å². The van der Waals surface area contributed by atoms with Crippen molar-refractivity contribution in [3.8, 4) is 0 Å². The van der Waals surface area contributed by atoms with Gasteiger partial charge in [-0.25, -0.2) is 0 Å². The molecule has 0 N–H and O–H groups in total. The molecule has 106 valence electrons. The van der Waals surface area contributed by atoms with Gasteiger partial charge in [-0.2, -0.15) is 0 Å². The molecule has 2 heterocycles. The average molecular weight is 291 g/mol. The molecule has 1 saturated heterocycles. The van der Waals surface area contributed by atoms with E-state index in [4.69, 9.17) is 9.47 Å². The van der Waals surface area contributed by atoms with Crippen LogP contribution in [0.3, 0.4) is 0 Å². The zero-order valence-corrected chi connectivity index (χ0v) is 12.0. The van der Waals surface area contributed by atoms with Gasteiger partial charge in [0.2, 0.25) is 0 Å². The lowest BCUT2D eigenvalue weighted by Gasteiger charge is -2.35. The van der Waals surface area contributed by atoms with Crippen molar-refractivity contribution >= 4 is 21.6 Å². The first kappa shape index (κ1) is 12.6. The summed E-state index contributed by atoms with van der Waals surface area (Å²) in [7, 11) is 0. The van der Waals surface area contributed by atoms with Gasteiger partial charge in [0.15, 0.2) is 5.79 Å². The van der Waals surface area contributed by atoms with Gasteiger partial charge >= 0.3 is 0 Å². The standard InChI is InChI=1S/C15H17NO3S/c17-14-12-3-1-2-4-13(12)20-16(14)11-5-7-15(8-6-11)18-9-10-19-15/h1-4,11H,5-10H2. The fraction of sp³-hybridized carbons (Fsp3) is 0.533. The van der Waals surface area contributed by atoms with Crippen LogP contribution in [0.15, 0.2) is 29.1 Å². The molecule has 1 spiro atoms. The van der Waals surface area contributed by atoms with Gasteiger partial charge < -0.3 is 9.47 Å². The molecular formula is C15H17NO3S. The van der Waals surface area contributed by atoms with Crippen molar-refractivity contribution in [2.75, 3.05) is 13.2 Å². The lowest BCUT2D eigenvalue weighted by atomic mass is 9.90. The maximum atomic E-state index is 12.5. The number of hydrogen-bond donors (Lipinski definition) is 0. The maximum Gasteiger partial charge on any atom is 0.268 e. The molecule has 4 nitrogen and oxygen atoms in total. The molecule has 0 radical (unpaired) electrons. The van der Waals surface area contributed by atoms with Crippen molar-refractivity contribution in [2.45, 2.75) is 37.5 Å². The van der Waals surface area contributed by atoms with E-state index in [1.807, 2.05) is 28.2 Å². The van der Waals surface area contributed by atoms with E-state index < -0.39 is 0 Å². The van der Waals surface area contributed by atoms with Crippen molar-refractivity contribution in [1.82, 2.24) is 3.96 Å². The predicted octanol–water partition coefficient (Wildman–Crippen LogP) is 2.92. The van der Waals surface area contributed by atoms with Crippen LogP contribution in [0, 0.1) is 0 Å². The van der Waals surface area contributed by atoms with Crippen LogP contribution < -0.4 is 5.56 Å². The number of fused-ring (bicyclic) bond motifs is 1. The largest absolute Gasteiger partial charge is 0.348 e. The van der Waals surface area contributed by atoms with Gasteiger partial charge in [0.25, 0.3) is 5.56 Å². The molecule has 4 rings (SSSR count). The number of aromatic nitrogens is 1. The summed E-state index contributed by atoms with van der Waals surface area (Å²) in [4.78, 5) is 12.5. The summed E-state index contributed by atoms with van der Waals surface area (Å²) in [6.07, 6.45) is 3.68. The molecule has 1 aromatic carbocycles. The summed E-state index contributed by atoms with van der Waals surface area (Å²) >= 11 is 1.58. The van der Waals surface area contributed by atoms with Crippen LogP contribution in [-0.2, 0) is 9.47 Å². The van der Waals surface area contributed by atoms with E-state index >= 15 is 0 Å². The second kappa shape index (κ2) is 4.69. The Labute approximate surface area is 121 Å². The maximum absolute atomic E-state index is 12.5. The molecule has 0 bridgehead atoms. The molecule has 2 aromatic rings. The minimum Gasteiger partial charge on any atom is -0.348 e. The Hall–Kier alpha value is -1.17. The van der Waals surface area contributed by atoms with Crippen LogP contribution in [0.4, 0.5) is 0 Å². The van der Waals surface area contributed by atoms with Crippen LogP contribution in [0.25, 0.3) is 10.1 Å². The summed E-state index contributed by atoms with van der Waals surface area (Å²) in [6, 6.07) is 8.14. The fourth-order valence-corrected chi connectivity index (χ4v) is 4.44. The van der Waals surface area contributed by atoms with Crippen molar-refractivity contribution in [2.24, 2.45) is 0 Å². The molecular weight excluding hydrogens is 274 g/mol. The SMILES string of the molecule is O=c1c2ccccc2sn1C1CCC2(CC1)OCCO2. The first-order chi connectivity index (χ1) is 9.77. The number of hydrogen-bond acceptors (Lipinski definition) is 4. The van der Waals surface area contributed by atoms with E-state index in [1.165, 1.54) is 0 Å². The molecule has 0 unspecified atom stereocenters. The zero-order valence-electron chi connectivity index (χ0n) is 11.2. The highest BCUT2D eigenvalue weighted by Crippen LogP contribution is 2.40.